The van der Waals surface area contributed by atoms with Crippen LogP contribution in [0.25, 0.3) is 11.1 Å². The van der Waals surface area contributed by atoms with Crippen molar-refractivity contribution < 1.29 is 4.42 Å². The van der Waals surface area contributed by atoms with Crippen molar-refractivity contribution in [3.8, 4) is 0 Å². The van der Waals surface area contributed by atoms with Crippen LogP contribution < -0.4 is 11.5 Å². The van der Waals surface area contributed by atoms with Crippen LogP contribution >= 0.6 is 0 Å². The molecular weight excluding hydrogens is 252 g/mol. The Labute approximate surface area is 116 Å². The van der Waals surface area contributed by atoms with Crippen LogP contribution in [0.1, 0.15) is 11.5 Å². The first-order valence-electron chi connectivity index (χ1n) is 6.63. The van der Waals surface area contributed by atoms with E-state index in [9.17, 15) is 4.79 Å². The molecule has 0 fully saturated rings. The topological polar surface area (TPSA) is 61.2 Å². The molecule has 0 spiro atoms. The van der Waals surface area contributed by atoms with E-state index in [1.807, 2.05) is 48.5 Å². The van der Waals surface area contributed by atoms with Gasteiger partial charge in [-0.1, -0.05) is 42.5 Å². The van der Waals surface area contributed by atoms with Gasteiger partial charge in [0.25, 0.3) is 0 Å². The third kappa shape index (κ3) is 2.26. The van der Waals surface area contributed by atoms with Crippen LogP contribution in [-0.4, -0.2) is 11.1 Å². The van der Waals surface area contributed by atoms with Gasteiger partial charge >= 0.3 is 5.76 Å². The fourth-order valence-electron chi connectivity index (χ4n) is 2.45. The van der Waals surface area contributed by atoms with Gasteiger partial charge in [0.2, 0.25) is 0 Å². The Kier molecular flexibility index (Phi) is 3.39. The zero-order valence-electron chi connectivity index (χ0n) is 11.0. The van der Waals surface area contributed by atoms with Gasteiger partial charge in [0.1, 0.15) is 0 Å². The fraction of sp³-hybridized carbons (Fsp3) is 0.188. The minimum atomic E-state index is -0.333. The van der Waals surface area contributed by atoms with Gasteiger partial charge in [-0.2, -0.15) is 0 Å². The summed E-state index contributed by atoms with van der Waals surface area (Å²) in [5.74, 6) is -0.240. The Bertz CT molecular complexity index is 759. The van der Waals surface area contributed by atoms with E-state index in [2.05, 4.69) is 0 Å². The summed E-state index contributed by atoms with van der Waals surface area (Å²) in [6.07, 6.45) is 0. The van der Waals surface area contributed by atoms with Crippen LogP contribution in [0.4, 0.5) is 0 Å². The molecule has 1 heterocycles. The molecule has 102 valence electrons. The van der Waals surface area contributed by atoms with Crippen molar-refractivity contribution in [2.45, 2.75) is 12.5 Å². The molecule has 2 aromatic carbocycles. The Morgan fingerprint density at radius 1 is 1.05 bits per heavy atom. The smallest absolute Gasteiger partial charge is 0.408 e. The standard InChI is InChI=1S/C16H16N2O2/c17-10-13(12-6-2-1-3-7-12)11-18-14-8-4-5-9-15(14)20-16(18)19/h1-9,13H,10-11,17H2. The molecular formula is C16H16N2O2. The molecule has 1 aromatic heterocycles. The first-order chi connectivity index (χ1) is 9.79. The van der Waals surface area contributed by atoms with Crippen LogP contribution in [-0.2, 0) is 6.54 Å². The number of hydrogen-bond donors (Lipinski definition) is 1. The normalized spacial score (nSPS) is 12.7. The maximum atomic E-state index is 12.0. The van der Waals surface area contributed by atoms with E-state index in [-0.39, 0.29) is 11.7 Å². The molecule has 4 heteroatoms. The van der Waals surface area contributed by atoms with Gasteiger partial charge in [-0.05, 0) is 17.7 Å². The molecule has 0 saturated heterocycles. The van der Waals surface area contributed by atoms with Crippen molar-refractivity contribution in [2.75, 3.05) is 6.54 Å². The number of nitrogens with two attached hydrogens (primary N) is 1. The van der Waals surface area contributed by atoms with Gasteiger partial charge in [0.15, 0.2) is 5.58 Å². The molecule has 1 atom stereocenters. The predicted octanol–water partition coefficient (Wildman–Crippen LogP) is 2.34. The highest BCUT2D eigenvalue weighted by molar-refractivity contribution is 5.72. The van der Waals surface area contributed by atoms with E-state index in [0.29, 0.717) is 18.7 Å². The molecule has 0 bridgehead atoms. The van der Waals surface area contributed by atoms with Crippen molar-refractivity contribution in [3.63, 3.8) is 0 Å². The molecule has 4 nitrogen and oxygen atoms in total. The van der Waals surface area contributed by atoms with Crippen LogP contribution in [0.15, 0.2) is 63.8 Å². The van der Waals surface area contributed by atoms with Gasteiger partial charge in [0, 0.05) is 19.0 Å². The number of rotatable bonds is 4. The second-order valence-corrected chi connectivity index (χ2v) is 4.79. The summed E-state index contributed by atoms with van der Waals surface area (Å²) in [6, 6.07) is 17.4. The van der Waals surface area contributed by atoms with Crippen LogP contribution in [0.2, 0.25) is 0 Å². The van der Waals surface area contributed by atoms with Crippen molar-refractivity contribution >= 4 is 11.1 Å². The SMILES string of the molecule is NCC(Cn1c(=O)oc2ccccc21)c1ccccc1. The number of hydrogen-bond acceptors (Lipinski definition) is 3. The fourth-order valence-corrected chi connectivity index (χ4v) is 2.45. The first-order valence-corrected chi connectivity index (χ1v) is 6.63. The molecule has 3 rings (SSSR count). The predicted molar refractivity (Wildman–Crippen MR) is 78.7 cm³/mol. The number of nitrogens with zero attached hydrogens (tertiary/aromatic N) is 1. The number of oxazole rings is 1. The molecule has 0 aliphatic heterocycles. The van der Waals surface area contributed by atoms with Gasteiger partial charge in [-0.3, -0.25) is 4.57 Å². The third-order valence-corrected chi connectivity index (χ3v) is 3.53. The van der Waals surface area contributed by atoms with Crippen LogP contribution in [0.3, 0.4) is 0 Å². The van der Waals surface area contributed by atoms with E-state index in [1.165, 1.54) is 0 Å². The Morgan fingerprint density at radius 3 is 2.50 bits per heavy atom. The van der Waals surface area contributed by atoms with E-state index in [1.54, 1.807) is 10.6 Å². The average molecular weight is 268 g/mol. The van der Waals surface area contributed by atoms with E-state index in [4.69, 9.17) is 10.2 Å². The Morgan fingerprint density at radius 2 is 1.75 bits per heavy atom. The lowest BCUT2D eigenvalue weighted by molar-refractivity contribution is 0.478. The molecule has 2 N–H and O–H groups in total. The zero-order chi connectivity index (χ0) is 13.9. The van der Waals surface area contributed by atoms with Gasteiger partial charge in [0.05, 0.1) is 5.52 Å². The van der Waals surface area contributed by atoms with Gasteiger partial charge in [-0.15, -0.1) is 0 Å². The molecule has 0 saturated carbocycles. The first kappa shape index (κ1) is 12.7. The number of para-hydroxylation sites is 2. The monoisotopic (exact) mass is 268 g/mol. The molecule has 0 amide bonds. The second-order valence-electron chi connectivity index (χ2n) is 4.79. The molecule has 20 heavy (non-hydrogen) atoms. The van der Waals surface area contributed by atoms with Crippen molar-refractivity contribution in [1.82, 2.24) is 4.57 Å². The van der Waals surface area contributed by atoms with Crippen LogP contribution in [0.5, 0.6) is 0 Å². The van der Waals surface area contributed by atoms with Gasteiger partial charge in [-0.25, -0.2) is 4.79 Å². The quantitative estimate of drug-likeness (QED) is 0.790. The minimum Gasteiger partial charge on any atom is -0.408 e. The van der Waals surface area contributed by atoms with Crippen molar-refractivity contribution in [2.24, 2.45) is 5.73 Å². The Balaban J connectivity index is 2.00. The maximum Gasteiger partial charge on any atom is 0.419 e. The Hall–Kier alpha value is -2.33. The lowest BCUT2D eigenvalue weighted by atomic mass is 9.99. The summed E-state index contributed by atoms with van der Waals surface area (Å²) >= 11 is 0. The number of fused-ring (bicyclic) bond motifs is 1. The molecule has 1 unspecified atom stereocenters. The van der Waals surface area contributed by atoms with Gasteiger partial charge < -0.3 is 10.2 Å². The largest absolute Gasteiger partial charge is 0.419 e. The average Bonchev–Trinajstić information content (AvgIpc) is 2.81. The van der Waals surface area contributed by atoms with E-state index < -0.39 is 0 Å². The van der Waals surface area contributed by atoms with E-state index in [0.717, 1.165) is 11.1 Å². The number of benzene rings is 2. The zero-order valence-corrected chi connectivity index (χ0v) is 11.0. The lowest BCUT2D eigenvalue weighted by Gasteiger charge is -2.15. The van der Waals surface area contributed by atoms with Crippen molar-refractivity contribution in [3.05, 3.63) is 70.7 Å². The summed E-state index contributed by atoms with van der Waals surface area (Å²) in [5.41, 5.74) is 8.43. The third-order valence-electron chi connectivity index (χ3n) is 3.53. The highest BCUT2D eigenvalue weighted by atomic mass is 16.4. The summed E-state index contributed by atoms with van der Waals surface area (Å²) < 4.78 is 6.90. The van der Waals surface area contributed by atoms with E-state index >= 15 is 0 Å². The summed E-state index contributed by atoms with van der Waals surface area (Å²) in [4.78, 5) is 12.0. The molecule has 0 aliphatic rings. The van der Waals surface area contributed by atoms with Crippen LogP contribution in [0, 0.1) is 0 Å². The lowest BCUT2D eigenvalue weighted by Crippen LogP contribution is -2.23. The molecule has 3 aromatic rings. The second kappa shape index (κ2) is 5.35. The highest BCUT2D eigenvalue weighted by Crippen LogP contribution is 2.19. The summed E-state index contributed by atoms with van der Waals surface area (Å²) in [5, 5.41) is 0. The molecule has 0 aliphatic carbocycles. The number of aromatic nitrogens is 1. The summed E-state index contributed by atoms with van der Waals surface area (Å²) in [6.45, 7) is 1.01. The minimum absolute atomic E-state index is 0.0925. The maximum absolute atomic E-state index is 12.0. The molecule has 0 radical (unpaired) electrons. The highest BCUT2D eigenvalue weighted by Gasteiger charge is 2.15. The summed E-state index contributed by atoms with van der Waals surface area (Å²) in [7, 11) is 0. The van der Waals surface area contributed by atoms with Crippen molar-refractivity contribution in [1.29, 1.82) is 0 Å².